The number of carbonyl (C=O) groups excluding carboxylic acids is 2. The van der Waals surface area contributed by atoms with Crippen molar-refractivity contribution in [2.75, 3.05) is 13.2 Å². The van der Waals surface area contributed by atoms with Gasteiger partial charge < -0.3 is 9.47 Å². The van der Waals surface area contributed by atoms with Crippen molar-refractivity contribution in [3.63, 3.8) is 0 Å². The molecule has 4 rings (SSSR count). The Hall–Kier alpha value is -1.06. The normalized spacial score (nSPS) is 46.1. The molecule has 0 amide bonds. The summed E-state index contributed by atoms with van der Waals surface area (Å²) in [7, 11) is 0. The molecule has 32 heavy (non-hydrogen) atoms. The van der Waals surface area contributed by atoms with Crippen molar-refractivity contribution >= 4 is 11.9 Å². The first-order valence-corrected chi connectivity index (χ1v) is 13.5. The molecule has 10 atom stereocenters. The van der Waals surface area contributed by atoms with Gasteiger partial charge >= 0.3 is 11.9 Å². The quantitative estimate of drug-likeness (QED) is 0.451. The highest BCUT2D eigenvalue weighted by molar-refractivity contribution is 5.84. The fraction of sp³-hybridized carbons (Fsp3) is 0.929. The predicted octanol–water partition coefficient (Wildman–Crippen LogP) is 6.27. The van der Waals surface area contributed by atoms with Crippen molar-refractivity contribution < 1.29 is 19.1 Å². The van der Waals surface area contributed by atoms with Crippen molar-refractivity contribution in [1.82, 2.24) is 0 Å². The van der Waals surface area contributed by atoms with Gasteiger partial charge in [-0.05, 0) is 91.8 Å². The van der Waals surface area contributed by atoms with Crippen LogP contribution in [-0.4, -0.2) is 25.2 Å². The van der Waals surface area contributed by atoms with Gasteiger partial charge in [0, 0.05) is 0 Å². The molecule has 182 valence electrons. The summed E-state index contributed by atoms with van der Waals surface area (Å²) >= 11 is 0. The molecule has 0 aromatic heterocycles. The predicted molar refractivity (Wildman–Crippen MR) is 126 cm³/mol. The second kappa shape index (κ2) is 9.66. The van der Waals surface area contributed by atoms with Crippen LogP contribution in [0.4, 0.5) is 0 Å². The number of ether oxygens (including phenoxy) is 2. The maximum Gasteiger partial charge on any atom is 0.310 e. The van der Waals surface area contributed by atoms with Crippen molar-refractivity contribution in [2.45, 2.75) is 92.4 Å². The Kier molecular flexibility index (Phi) is 7.27. The minimum Gasteiger partial charge on any atom is -0.465 e. The lowest BCUT2D eigenvalue weighted by Gasteiger charge is -2.36. The van der Waals surface area contributed by atoms with Crippen molar-refractivity contribution in [2.24, 2.45) is 58.7 Å². The van der Waals surface area contributed by atoms with E-state index in [1.54, 1.807) is 0 Å². The summed E-state index contributed by atoms with van der Waals surface area (Å²) in [5.74, 6) is 3.26. The van der Waals surface area contributed by atoms with E-state index in [0.717, 1.165) is 56.8 Å². The molecule has 0 saturated heterocycles. The maximum atomic E-state index is 13.3. The van der Waals surface area contributed by atoms with E-state index in [1.165, 1.54) is 12.8 Å². The van der Waals surface area contributed by atoms with Gasteiger partial charge in [0.25, 0.3) is 0 Å². The maximum absolute atomic E-state index is 13.3. The average molecular weight is 447 g/mol. The van der Waals surface area contributed by atoms with E-state index in [1.807, 2.05) is 0 Å². The minimum atomic E-state index is -0.320. The van der Waals surface area contributed by atoms with E-state index in [-0.39, 0.29) is 35.1 Å². The summed E-state index contributed by atoms with van der Waals surface area (Å²) in [5, 5.41) is 0. The number of fused-ring (bicyclic) bond motifs is 2. The van der Waals surface area contributed by atoms with E-state index in [4.69, 9.17) is 9.47 Å². The molecule has 0 heterocycles. The smallest absolute Gasteiger partial charge is 0.310 e. The Morgan fingerprint density at radius 2 is 1.28 bits per heavy atom. The Labute approximate surface area is 195 Å². The molecule has 0 spiro atoms. The number of hydrogen-bond acceptors (Lipinski definition) is 4. The van der Waals surface area contributed by atoms with Crippen LogP contribution in [0.5, 0.6) is 0 Å². The van der Waals surface area contributed by atoms with E-state index in [9.17, 15) is 9.59 Å². The molecule has 0 aromatic rings. The van der Waals surface area contributed by atoms with E-state index < -0.39 is 0 Å². The zero-order chi connectivity index (χ0) is 23.0. The van der Waals surface area contributed by atoms with Crippen LogP contribution in [0.15, 0.2) is 0 Å². The molecule has 4 heteroatoms. The Morgan fingerprint density at radius 3 is 1.81 bits per heavy atom. The highest BCUT2D eigenvalue weighted by Crippen LogP contribution is 2.61. The van der Waals surface area contributed by atoms with Gasteiger partial charge in [0.15, 0.2) is 0 Å². The minimum absolute atomic E-state index is 0.103. The largest absolute Gasteiger partial charge is 0.465 e. The summed E-state index contributed by atoms with van der Waals surface area (Å²) in [5.41, 5.74) is -0.103. The van der Waals surface area contributed by atoms with Crippen LogP contribution < -0.4 is 0 Å². The van der Waals surface area contributed by atoms with Gasteiger partial charge in [-0.1, -0.05) is 47.5 Å². The molecule has 0 radical (unpaired) electrons. The highest BCUT2D eigenvalue weighted by Gasteiger charge is 2.61. The standard InChI is InChI=1S/C28H46O4/c1-17-6-8-21(12-19(17)3)15-31-26(29)24-23-10-11-28(5,14-23)25(24)27(30)32-16-22-9-7-18(2)20(4)13-22/h17-25H,6-16H2,1-5H3. The molecule has 10 unspecified atom stereocenters. The van der Waals surface area contributed by atoms with Crippen molar-refractivity contribution in [3.05, 3.63) is 0 Å². The molecule has 4 nitrogen and oxygen atoms in total. The molecular formula is C28H46O4. The molecule has 0 N–H and O–H groups in total. The lowest BCUT2D eigenvalue weighted by molar-refractivity contribution is -0.168. The second-order valence-electron chi connectivity index (χ2n) is 12.7. The van der Waals surface area contributed by atoms with Gasteiger partial charge in [0.05, 0.1) is 25.0 Å². The third-order valence-corrected chi connectivity index (χ3v) is 10.3. The molecule has 0 aromatic carbocycles. The van der Waals surface area contributed by atoms with E-state index >= 15 is 0 Å². The van der Waals surface area contributed by atoms with Crippen LogP contribution in [0.3, 0.4) is 0 Å². The van der Waals surface area contributed by atoms with Crippen LogP contribution in [0, 0.1) is 58.7 Å². The first-order valence-electron chi connectivity index (χ1n) is 13.5. The summed E-state index contributed by atoms with van der Waals surface area (Å²) in [6.45, 7) is 12.5. The van der Waals surface area contributed by atoms with Crippen LogP contribution in [0.2, 0.25) is 0 Å². The van der Waals surface area contributed by atoms with Crippen LogP contribution in [0.25, 0.3) is 0 Å². The topological polar surface area (TPSA) is 52.6 Å². The Bertz CT molecular complexity index is 689. The summed E-state index contributed by atoms with van der Waals surface area (Å²) < 4.78 is 11.8. The lowest BCUT2D eigenvalue weighted by Crippen LogP contribution is -2.41. The first-order chi connectivity index (χ1) is 15.2. The number of esters is 2. The molecule has 4 saturated carbocycles. The number of carbonyl (C=O) groups is 2. The fourth-order valence-electron chi connectivity index (χ4n) is 7.58. The third-order valence-electron chi connectivity index (χ3n) is 10.3. The van der Waals surface area contributed by atoms with E-state index in [0.29, 0.717) is 36.9 Å². The van der Waals surface area contributed by atoms with Gasteiger partial charge in [-0.15, -0.1) is 0 Å². The summed E-state index contributed by atoms with van der Waals surface area (Å²) in [4.78, 5) is 26.5. The molecule has 0 aliphatic heterocycles. The van der Waals surface area contributed by atoms with Gasteiger partial charge in [0.2, 0.25) is 0 Å². The molecular weight excluding hydrogens is 400 g/mol. The first kappa shape index (κ1) is 24.1. The molecule has 2 bridgehead atoms. The molecule has 4 aliphatic rings. The van der Waals surface area contributed by atoms with Gasteiger partial charge in [-0.25, -0.2) is 0 Å². The molecule has 4 aliphatic carbocycles. The van der Waals surface area contributed by atoms with Crippen LogP contribution in [-0.2, 0) is 19.1 Å². The summed E-state index contributed by atoms with van der Waals surface area (Å²) in [6, 6.07) is 0. The van der Waals surface area contributed by atoms with Gasteiger partial charge in [-0.2, -0.15) is 0 Å². The summed E-state index contributed by atoms with van der Waals surface area (Å²) in [6.07, 6.45) is 10.0. The number of rotatable bonds is 6. The van der Waals surface area contributed by atoms with E-state index in [2.05, 4.69) is 34.6 Å². The SMILES string of the molecule is CC1CCC(COC(=O)C2C3CCC(C)(C3)C2C(=O)OCC2CCC(C)C(C)C2)CC1C. The third kappa shape index (κ3) is 4.89. The van der Waals surface area contributed by atoms with Crippen LogP contribution in [0.1, 0.15) is 92.4 Å². The van der Waals surface area contributed by atoms with Crippen molar-refractivity contribution in [3.8, 4) is 0 Å². The lowest BCUT2D eigenvalue weighted by atomic mass is 9.71. The monoisotopic (exact) mass is 446 g/mol. The molecule has 4 fully saturated rings. The Balaban J connectivity index is 1.34. The zero-order valence-electron chi connectivity index (χ0n) is 21.1. The van der Waals surface area contributed by atoms with Crippen molar-refractivity contribution in [1.29, 1.82) is 0 Å². The fourth-order valence-corrected chi connectivity index (χ4v) is 7.58. The number of hydrogen-bond donors (Lipinski definition) is 0. The highest BCUT2D eigenvalue weighted by atomic mass is 16.5. The Morgan fingerprint density at radius 1 is 0.750 bits per heavy atom. The second-order valence-corrected chi connectivity index (χ2v) is 12.7. The van der Waals surface area contributed by atoms with Gasteiger partial charge in [0.1, 0.15) is 0 Å². The zero-order valence-corrected chi connectivity index (χ0v) is 21.1. The van der Waals surface area contributed by atoms with Crippen LogP contribution >= 0.6 is 0 Å². The average Bonchev–Trinajstić information content (AvgIpc) is 3.28. The van der Waals surface area contributed by atoms with Gasteiger partial charge in [-0.3, -0.25) is 9.59 Å².